The van der Waals surface area contributed by atoms with E-state index in [0.29, 0.717) is 31.7 Å². The Labute approximate surface area is 135 Å². The van der Waals surface area contributed by atoms with E-state index in [-0.39, 0.29) is 30.6 Å². The van der Waals surface area contributed by atoms with Crippen LogP contribution in [-0.4, -0.2) is 53.7 Å². The van der Waals surface area contributed by atoms with E-state index in [9.17, 15) is 14.4 Å². The van der Waals surface area contributed by atoms with E-state index in [1.165, 1.54) is 0 Å². The molecule has 0 aliphatic carbocycles. The third-order valence-electron chi connectivity index (χ3n) is 4.02. The van der Waals surface area contributed by atoms with Gasteiger partial charge in [0.1, 0.15) is 0 Å². The van der Waals surface area contributed by atoms with E-state index in [1.807, 2.05) is 36.6 Å². The van der Waals surface area contributed by atoms with Crippen LogP contribution in [0.3, 0.4) is 0 Å². The Bertz CT molecular complexity index is 595. The molecule has 0 aromatic heterocycles. The number of hydrogen-bond donors (Lipinski definition) is 2. The molecule has 0 unspecified atom stereocenters. The number of nitrogens with two attached hydrogens (primary N) is 1. The maximum Gasteiger partial charge on any atom is 0.254 e. The summed E-state index contributed by atoms with van der Waals surface area (Å²) in [5, 5.41) is 0. The zero-order valence-corrected chi connectivity index (χ0v) is 13.2. The first-order valence-corrected chi connectivity index (χ1v) is 7.65. The van der Waals surface area contributed by atoms with Crippen molar-refractivity contribution in [2.45, 2.75) is 19.8 Å². The smallest absolute Gasteiger partial charge is 0.254 e. The molecule has 3 N–H and O–H groups in total. The Balaban J connectivity index is 1.86. The molecule has 1 fully saturated rings. The van der Waals surface area contributed by atoms with Gasteiger partial charge >= 0.3 is 0 Å². The van der Waals surface area contributed by atoms with E-state index in [1.54, 1.807) is 9.80 Å². The molecule has 23 heavy (non-hydrogen) atoms. The predicted octanol–water partition coefficient (Wildman–Crippen LogP) is 0.0495. The molecule has 1 aliphatic rings. The highest BCUT2D eigenvalue weighted by atomic mass is 16.2. The van der Waals surface area contributed by atoms with Crippen LogP contribution in [0, 0.1) is 6.92 Å². The van der Waals surface area contributed by atoms with Gasteiger partial charge in [0.15, 0.2) is 0 Å². The number of piperazine rings is 1. The van der Waals surface area contributed by atoms with Crippen molar-refractivity contribution >= 4 is 17.7 Å². The number of hydrazine groups is 1. The average molecular weight is 318 g/mol. The lowest BCUT2D eigenvalue weighted by Gasteiger charge is -2.35. The molecular formula is C16H22N4O3. The van der Waals surface area contributed by atoms with Crippen LogP contribution in [-0.2, 0) is 9.59 Å². The minimum Gasteiger partial charge on any atom is -0.339 e. The second-order valence-corrected chi connectivity index (χ2v) is 5.56. The first-order valence-electron chi connectivity index (χ1n) is 7.65. The van der Waals surface area contributed by atoms with Crippen molar-refractivity contribution in [1.29, 1.82) is 0 Å². The number of hydrogen-bond acceptors (Lipinski definition) is 4. The van der Waals surface area contributed by atoms with Gasteiger partial charge in [0.05, 0.1) is 0 Å². The fourth-order valence-electron chi connectivity index (χ4n) is 2.59. The topological polar surface area (TPSA) is 95.7 Å². The van der Waals surface area contributed by atoms with Crippen molar-refractivity contribution in [3.05, 3.63) is 35.4 Å². The van der Waals surface area contributed by atoms with Crippen LogP contribution < -0.4 is 11.3 Å². The lowest BCUT2D eigenvalue weighted by atomic mass is 10.1. The summed E-state index contributed by atoms with van der Waals surface area (Å²) in [4.78, 5) is 39.0. The lowest BCUT2D eigenvalue weighted by Crippen LogP contribution is -2.50. The monoisotopic (exact) mass is 318 g/mol. The van der Waals surface area contributed by atoms with Gasteiger partial charge in [-0.2, -0.15) is 0 Å². The highest BCUT2D eigenvalue weighted by Gasteiger charge is 2.25. The third kappa shape index (κ3) is 4.29. The average Bonchev–Trinajstić information content (AvgIpc) is 2.59. The fourth-order valence-corrected chi connectivity index (χ4v) is 2.59. The Kier molecular flexibility index (Phi) is 5.70. The molecule has 1 heterocycles. The van der Waals surface area contributed by atoms with Crippen LogP contribution in [0.2, 0.25) is 0 Å². The van der Waals surface area contributed by atoms with Gasteiger partial charge in [-0.25, -0.2) is 5.84 Å². The van der Waals surface area contributed by atoms with Crippen LogP contribution in [0.25, 0.3) is 0 Å². The number of amides is 3. The molecular weight excluding hydrogens is 296 g/mol. The van der Waals surface area contributed by atoms with Crippen LogP contribution in [0.15, 0.2) is 24.3 Å². The summed E-state index contributed by atoms with van der Waals surface area (Å²) < 4.78 is 0. The SMILES string of the molecule is Cc1ccccc1C(=O)N1CCN(C(=O)CCC(=O)NN)CC1. The Morgan fingerprint density at radius 3 is 2.26 bits per heavy atom. The zero-order chi connectivity index (χ0) is 16.8. The van der Waals surface area contributed by atoms with Crippen LogP contribution in [0.5, 0.6) is 0 Å². The molecule has 0 spiro atoms. The minimum absolute atomic E-state index is 0.00212. The molecule has 0 bridgehead atoms. The second kappa shape index (κ2) is 7.73. The van der Waals surface area contributed by atoms with Crippen molar-refractivity contribution in [3.8, 4) is 0 Å². The largest absolute Gasteiger partial charge is 0.339 e. The number of carbonyl (C=O) groups excluding carboxylic acids is 3. The summed E-state index contributed by atoms with van der Waals surface area (Å²) in [7, 11) is 0. The summed E-state index contributed by atoms with van der Waals surface area (Å²) in [6.45, 7) is 3.89. The van der Waals surface area contributed by atoms with Gasteiger partial charge in [-0.05, 0) is 18.6 Å². The Morgan fingerprint density at radius 2 is 1.65 bits per heavy atom. The van der Waals surface area contributed by atoms with Gasteiger partial charge in [-0.15, -0.1) is 0 Å². The molecule has 0 atom stereocenters. The van der Waals surface area contributed by atoms with E-state index in [4.69, 9.17) is 5.84 Å². The van der Waals surface area contributed by atoms with Crippen molar-refractivity contribution in [2.75, 3.05) is 26.2 Å². The highest BCUT2D eigenvalue weighted by Crippen LogP contribution is 2.13. The summed E-state index contributed by atoms with van der Waals surface area (Å²) in [5.74, 6) is 4.54. The predicted molar refractivity (Wildman–Crippen MR) is 85.2 cm³/mol. The molecule has 0 radical (unpaired) electrons. The summed E-state index contributed by atoms with van der Waals surface area (Å²) in [6.07, 6.45) is 0.215. The minimum atomic E-state index is -0.355. The first-order chi connectivity index (χ1) is 11.0. The van der Waals surface area contributed by atoms with E-state index in [2.05, 4.69) is 0 Å². The van der Waals surface area contributed by atoms with Gasteiger partial charge in [0, 0.05) is 44.6 Å². The zero-order valence-electron chi connectivity index (χ0n) is 13.2. The summed E-state index contributed by atoms with van der Waals surface area (Å²) in [6, 6.07) is 7.48. The molecule has 7 nitrogen and oxygen atoms in total. The number of nitrogens with one attached hydrogen (secondary N) is 1. The van der Waals surface area contributed by atoms with Gasteiger partial charge in [-0.1, -0.05) is 18.2 Å². The van der Waals surface area contributed by atoms with Crippen LogP contribution in [0.4, 0.5) is 0 Å². The molecule has 1 aromatic carbocycles. The molecule has 0 saturated carbocycles. The van der Waals surface area contributed by atoms with Gasteiger partial charge in [-0.3, -0.25) is 19.8 Å². The van der Waals surface area contributed by atoms with Gasteiger partial charge in [0.2, 0.25) is 11.8 Å². The fraction of sp³-hybridized carbons (Fsp3) is 0.438. The maximum atomic E-state index is 12.5. The van der Waals surface area contributed by atoms with E-state index < -0.39 is 0 Å². The highest BCUT2D eigenvalue weighted by molar-refractivity contribution is 5.95. The number of nitrogens with zero attached hydrogens (tertiary/aromatic N) is 2. The maximum absolute atomic E-state index is 12.5. The summed E-state index contributed by atoms with van der Waals surface area (Å²) in [5.41, 5.74) is 3.65. The number of benzene rings is 1. The van der Waals surface area contributed by atoms with Crippen LogP contribution >= 0.6 is 0 Å². The van der Waals surface area contributed by atoms with Crippen molar-refractivity contribution < 1.29 is 14.4 Å². The van der Waals surface area contributed by atoms with E-state index >= 15 is 0 Å². The molecule has 3 amide bonds. The Morgan fingerprint density at radius 1 is 1.04 bits per heavy atom. The molecule has 1 aromatic rings. The second-order valence-electron chi connectivity index (χ2n) is 5.56. The number of rotatable bonds is 4. The van der Waals surface area contributed by atoms with Gasteiger partial charge < -0.3 is 9.80 Å². The van der Waals surface area contributed by atoms with Gasteiger partial charge in [0.25, 0.3) is 5.91 Å². The third-order valence-corrected chi connectivity index (χ3v) is 4.02. The van der Waals surface area contributed by atoms with Crippen molar-refractivity contribution in [1.82, 2.24) is 15.2 Å². The number of carbonyl (C=O) groups is 3. The van der Waals surface area contributed by atoms with Crippen molar-refractivity contribution in [3.63, 3.8) is 0 Å². The van der Waals surface area contributed by atoms with E-state index in [0.717, 1.165) is 5.56 Å². The molecule has 1 aliphatic heterocycles. The Hall–Kier alpha value is -2.41. The molecule has 7 heteroatoms. The quantitative estimate of drug-likeness (QED) is 0.466. The standard InChI is InChI=1S/C16H22N4O3/c1-12-4-2-3-5-13(12)16(23)20-10-8-19(9-11-20)15(22)7-6-14(21)18-17/h2-5H,6-11,17H2,1H3,(H,18,21). The molecule has 2 rings (SSSR count). The van der Waals surface area contributed by atoms with Crippen LogP contribution in [0.1, 0.15) is 28.8 Å². The number of aryl methyl sites for hydroxylation is 1. The lowest BCUT2D eigenvalue weighted by molar-refractivity contribution is -0.134. The normalized spacial score (nSPS) is 14.5. The molecule has 1 saturated heterocycles. The first kappa shape index (κ1) is 17.0. The molecule has 124 valence electrons. The summed E-state index contributed by atoms with van der Waals surface area (Å²) >= 11 is 0. The van der Waals surface area contributed by atoms with Crippen molar-refractivity contribution in [2.24, 2.45) is 5.84 Å².